The number of carbonyl (C=O) groups excluding carboxylic acids is 2. The molecular formula is C16H28N2O3. The van der Waals surface area contributed by atoms with Crippen molar-refractivity contribution in [3.63, 3.8) is 0 Å². The summed E-state index contributed by atoms with van der Waals surface area (Å²) in [6.07, 6.45) is 5.00. The highest BCUT2D eigenvalue weighted by Gasteiger charge is 2.43. The highest BCUT2D eigenvalue weighted by atomic mass is 16.5. The van der Waals surface area contributed by atoms with Crippen LogP contribution in [0.15, 0.2) is 0 Å². The minimum Gasteiger partial charge on any atom is -0.378 e. The molecule has 5 heteroatoms. The molecule has 2 saturated heterocycles. The van der Waals surface area contributed by atoms with E-state index in [4.69, 9.17) is 4.74 Å². The van der Waals surface area contributed by atoms with E-state index in [1.807, 2.05) is 25.7 Å². The molecule has 5 nitrogen and oxygen atoms in total. The number of amides is 2. The van der Waals surface area contributed by atoms with Crippen molar-refractivity contribution in [2.24, 2.45) is 0 Å². The van der Waals surface area contributed by atoms with Gasteiger partial charge in [-0.1, -0.05) is 13.8 Å². The van der Waals surface area contributed by atoms with Crippen LogP contribution in [0.4, 0.5) is 0 Å². The van der Waals surface area contributed by atoms with Crippen molar-refractivity contribution in [1.82, 2.24) is 10.2 Å². The second-order valence-corrected chi connectivity index (χ2v) is 6.31. The van der Waals surface area contributed by atoms with Gasteiger partial charge in [-0.15, -0.1) is 0 Å². The van der Waals surface area contributed by atoms with Gasteiger partial charge in [-0.3, -0.25) is 9.59 Å². The number of hydrogen-bond acceptors (Lipinski definition) is 3. The summed E-state index contributed by atoms with van der Waals surface area (Å²) >= 11 is 0. The second-order valence-electron chi connectivity index (χ2n) is 6.31. The van der Waals surface area contributed by atoms with E-state index in [9.17, 15) is 9.59 Å². The smallest absolute Gasteiger partial charge is 0.248 e. The van der Waals surface area contributed by atoms with Gasteiger partial charge in [0.05, 0.1) is 6.10 Å². The Hall–Kier alpha value is -1.10. The van der Waals surface area contributed by atoms with Gasteiger partial charge >= 0.3 is 0 Å². The maximum atomic E-state index is 13.0. The summed E-state index contributed by atoms with van der Waals surface area (Å²) in [5, 5.41) is 2.97. The molecule has 0 saturated carbocycles. The van der Waals surface area contributed by atoms with Crippen LogP contribution in [0.3, 0.4) is 0 Å². The van der Waals surface area contributed by atoms with Gasteiger partial charge in [0.25, 0.3) is 0 Å². The van der Waals surface area contributed by atoms with Crippen molar-refractivity contribution in [3.8, 4) is 0 Å². The van der Waals surface area contributed by atoms with Crippen LogP contribution in [0.2, 0.25) is 0 Å². The van der Waals surface area contributed by atoms with Gasteiger partial charge in [0.1, 0.15) is 5.54 Å². The molecule has 2 atom stereocenters. The third-order valence-electron chi connectivity index (χ3n) is 4.98. The molecule has 2 fully saturated rings. The molecule has 0 aromatic carbocycles. The Labute approximate surface area is 127 Å². The molecule has 0 aliphatic carbocycles. The summed E-state index contributed by atoms with van der Waals surface area (Å²) in [6, 6.07) is -0.0427. The normalized spacial score (nSPS) is 29.4. The van der Waals surface area contributed by atoms with E-state index in [2.05, 4.69) is 5.32 Å². The van der Waals surface area contributed by atoms with Gasteiger partial charge in [0, 0.05) is 25.6 Å². The topological polar surface area (TPSA) is 58.6 Å². The molecule has 0 spiro atoms. The molecule has 2 heterocycles. The summed E-state index contributed by atoms with van der Waals surface area (Å²) in [4.78, 5) is 26.9. The fourth-order valence-electron chi connectivity index (χ4n) is 3.43. The predicted molar refractivity (Wildman–Crippen MR) is 80.8 cm³/mol. The fourth-order valence-corrected chi connectivity index (χ4v) is 3.43. The number of ether oxygens (including phenoxy) is 1. The first-order chi connectivity index (χ1) is 10.0. The highest BCUT2D eigenvalue weighted by molar-refractivity contribution is 5.93. The Morgan fingerprint density at radius 1 is 1.33 bits per heavy atom. The molecule has 2 unspecified atom stereocenters. The molecule has 2 aliphatic rings. The zero-order chi connectivity index (χ0) is 15.5. The molecule has 2 aliphatic heterocycles. The van der Waals surface area contributed by atoms with Crippen molar-refractivity contribution in [2.45, 2.75) is 77.0 Å². The molecule has 0 aromatic heterocycles. The first-order valence-corrected chi connectivity index (χ1v) is 8.26. The van der Waals surface area contributed by atoms with Gasteiger partial charge in [-0.05, 0) is 39.0 Å². The Balaban J connectivity index is 2.11. The van der Waals surface area contributed by atoms with Gasteiger partial charge < -0.3 is 15.0 Å². The van der Waals surface area contributed by atoms with E-state index < -0.39 is 5.54 Å². The third kappa shape index (κ3) is 3.39. The van der Waals surface area contributed by atoms with Crippen LogP contribution in [0, 0.1) is 0 Å². The summed E-state index contributed by atoms with van der Waals surface area (Å²) in [6.45, 7) is 7.42. The SMILES string of the molecule is CCC1(CC)NC(=O)CC(C)N(CCC2CCCO2)C1=O. The Morgan fingerprint density at radius 2 is 2.05 bits per heavy atom. The predicted octanol–water partition coefficient (Wildman–Crippen LogP) is 1.85. The molecule has 2 rings (SSSR count). The van der Waals surface area contributed by atoms with Crippen molar-refractivity contribution in [1.29, 1.82) is 0 Å². The number of nitrogens with zero attached hydrogens (tertiary/aromatic N) is 1. The molecule has 0 aromatic rings. The molecule has 120 valence electrons. The maximum Gasteiger partial charge on any atom is 0.248 e. The Morgan fingerprint density at radius 3 is 2.62 bits per heavy atom. The van der Waals surface area contributed by atoms with Crippen molar-refractivity contribution >= 4 is 11.8 Å². The lowest BCUT2D eigenvalue weighted by Crippen LogP contribution is -2.57. The molecular weight excluding hydrogens is 268 g/mol. The standard InChI is InChI=1S/C16H28N2O3/c1-4-16(5-2)15(20)18(12(3)11-14(19)17-16)9-8-13-7-6-10-21-13/h12-13H,4-11H2,1-3H3,(H,17,19). The van der Waals surface area contributed by atoms with Crippen LogP contribution in [-0.4, -0.2) is 47.6 Å². The van der Waals surface area contributed by atoms with Gasteiger partial charge in [0.15, 0.2) is 0 Å². The average Bonchev–Trinajstić information content (AvgIpc) is 2.95. The van der Waals surface area contributed by atoms with Crippen LogP contribution in [0.1, 0.15) is 59.3 Å². The lowest BCUT2D eigenvalue weighted by Gasteiger charge is -2.36. The Bertz CT molecular complexity index is 387. The van der Waals surface area contributed by atoms with E-state index in [1.54, 1.807) is 0 Å². The molecule has 0 radical (unpaired) electrons. The van der Waals surface area contributed by atoms with Crippen LogP contribution >= 0.6 is 0 Å². The number of hydrogen-bond donors (Lipinski definition) is 1. The van der Waals surface area contributed by atoms with E-state index in [0.717, 1.165) is 25.9 Å². The van der Waals surface area contributed by atoms with E-state index in [-0.39, 0.29) is 24.0 Å². The Kier molecular flexibility index (Phi) is 5.25. The second kappa shape index (κ2) is 6.77. The van der Waals surface area contributed by atoms with E-state index in [0.29, 0.717) is 25.8 Å². The summed E-state index contributed by atoms with van der Waals surface area (Å²) in [7, 11) is 0. The highest BCUT2D eigenvalue weighted by Crippen LogP contribution is 2.26. The van der Waals surface area contributed by atoms with Crippen molar-refractivity contribution in [2.75, 3.05) is 13.2 Å². The largest absolute Gasteiger partial charge is 0.378 e. The minimum absolute atomic E-state index is 0.0147. The maximum absolute atomic E-state index is 13.0. The molecule has 0 bridgehead atoms. The first kappa shape index (κ1) is 16.3. The number of rotatable bonds is 5. The molecule has 2 amide bonds. The monoisotopic (exact) mass is 296 g/mol. The lowest BCUT2D eigenvalue weighted by molar-refractivity contribution is -0.140. The number of carbonyl (C=O) groups is 2. The summed E-state index contributed by atoms with van der Waals surface area (Å²) < 4.78 is 5.65. The van der Waals surface area contributed by atoms with Crippen LogP contribution in [0.25, 0.3) is 0 Å². The fraction of sp³-hybridized carbons (Fsp3) is 0.875. The van der Waals surface area contributed by atoms with Crippen molar-refractivity contribution < 1.29 is 14.3 Å². The van der Waals surface area contributed by atoms with Crippen molar-refractivity contribution in [3.05, 3.63) is 0 Å². The zero-order valence-corrected chi connectivity index (χ0v) is 13.5. The number of nitrogens with one attached hydrogen (secondary N) is 1. The quantitative estimate of drug-likeness (QED) is 0.842. The van der Waals surface area contributed by atoms with Gasteiger partial charge in [-0.25, -0.2) is 0 Å². The summed E-state index contributed by atoms with van der Waals surface area (Å²) in [5.74, 6) is 0.0583. The summed E-state index contributed by atoms with van der Waals surface area (Å²) in [5.41, 5.74) is -0.724. The lowest BCUT2D eigenvalue weighted by atomic mass is 9.91. The van der Waals surface area contributed by atoms with Crippen LogP contribution in [0.5, 0.6) is 0 Å². The zero-order valence-electron chi connectivity index (χ0n) is 13.5. The van der Waals surface area contributed by atoms with Gasteiger partial charge in [-0.2, -0.15) is 0 Å². The minimum atomic E-state index is -0.724. The van der Waals surface area contributed by atoms with Crippen LogP contribution in [-0.2, 0) is 14.3 Å². The van der Waals surface area contributed by atoms with E-state index >= 15 is 0 Å². The van der Waals surface area contributed by atoms with Gasteiger partial charge in [0.2, 0.25) is 11.8 Å². The molecule has 1 N–H and O–H groups in total. The average molecular weight is 296 g/mol. The van der Waals surface area contributed by atoms with E-state index in [1.165, 1.54) is 0 Å². The first-order valence-electron chi connectivity index (χ1n) is 8.26. The third-order valence-corrected chi connectivity index (χ3v) is 4.98. The van der Waals surface area contributed by atoms with Crippen LogP contribution < -0.4 is 5.32 Å². The molecule has 21 heavy (non-hydrogen) atoms.